The van der Waals surface area contributed by atoms with Crippen molar-refractivity contribution in [3.05, 3.63) is 35.6 Å². The van der Waals surface area contributed by atoms with Crippen LogP contribution in [0.1, 0.15) is 18.1 Å². The van der Waals surface area contributed by atoms with Crippen LogP contribution in [0, 0.1) is 5.82 Å². The number of aliphatic hydroxyl groups is 1. The fraction of sp³-hybridized carbons (Fsp3) is 0.500. The zero-order chi connectivity index (χ0) is 11.4. The second-order valence-electron chi connectivity index (χ2n) is 3.86. The Kier molecular flexibility index (Phi) is 3.88. The maximum atomic E-state index is 13.3. The zero-order valence-corrected chi connectivity index (χ0v) is 8.93. The third kappa shape index (κ3) is 2.78. The molecule has 88 valence electrons. The second kappa shape index (κ2) is 5.39. The van der Waals surface area contributed by atoms with E-state index in [0.29, 0.717) is 13.2 Å². The first-order valence-electron chi connectivity index (χ1n) is 5.39. The molecule has 0 aromatic heterocycles. The molecule has 0 aliphatic carbocycles. The van der Waals surface area contributed by atoms with Gasteiger partial charge in [-0.2, -0.15) is 0 Å². The summed E-state index contributed by atoms with van der Waals surface area (Å²) in [5, 5.41) is 9.76. The molecule has 0 saturated carbocycles. The van der Waals surface area contributed by atoms with Crippen LogP contribution in [0.4, 0.5) is 4.39 Å². The smallest absolute Gasteiger partial charge is 0.129 e. The van der Waals surface area contributed by atoms with Crippen molar-refractivity contribution < 1.29 is 19.0 Å². The van der Waals surface area contributed by atoms with E-state index in [0.717, 1.165) is 6.42 Å². The minimum absolute atomic E-state index is 0.0291. The van der Waals surface area contributed by atoms with E-state index in [9.17, 15) is 9.50 Å². The molecule has 4 heteroatoms. The van der Waals surface area contributed by atoms with Gasteiger partial charge in [0.15, 0.2) is 0 Å². The van der Waals surface area contributed by atoms with Gasteiger partial charge in [0.2, 0.25) is 0 Å². The molecule has 1 N–H and O–H groups in total. The van der Waals surface area contributed by atoms with Crippen LogP contribution in [0.15, 0.2) is 24.3 Å². The first-order chi connectivity index (χ1) is 7.77. The number of hydrogen-bond donors (Lipinski definition) is 1. The number of ether oxygens (including phenoxy) is 2. The lowest BCUT2D eigenvalue weighted by atomic mass is 10.1. The third-order valence-corrected chi connectivity index (χ3v) is 2.64. The standard InChI is InChI=1S/C12H15FO3/c13-11-4-2-1-3-10(11)12(14)8-16-9-5-6-15-7-9/h1-4,9,12,14H,5-8H2. The van der Waals surface area contributed by atoms with E-state index in [1.54, 1.807) is 18.2 Å². The van der Waals surface area contributed by atoms with Crippen molar-refractivity contribution in [1.29, 1.82) is 0 Å². The third-order valence-electron chi connectivity index (χ3n) is 2.64. The van der Waals surface area contributed by atoms with Crippen LogP contribution in [0.25, 0.3) is 0 Å². The number of rotatable bonds is 4. The number of hydrogen-bond acceptors (Lipinski definition) is 3. The second-order valence-corrected chi connectivity index (χ2v) is 3.86. The molecule has 1 aromatic rings. The molecule has 1 saturated heterocycles. The van der Waals surface area contributed by atoms with E-state index in [1.807, 2.05) is 0 Å². The quantitative estimate of drug-likeness (QED) is 0.848. The van der Waals surface area contributed by atoms with Crippen molar-refractivity contribution in [3.63, 3.8) is 0 Å². The molecule has 0 amide bonds. The fourth-order valence-electron chi connectivity index (χ4n) is 1.71. The normalized spacial score (nSPS) is 22.2. The average molecular weight is 226 g/mol. The predicted octanol–water partition coefficient (Wildman–Crippen LogP) is 1.66. The fourth-order valence-corrected chi connectivity index (χ4v) is 1.71. The van der Waals surface area contributed by atoms with Crippen molar-refractivity contribution in [2.75, 3.05) is 19.8 Å². The molecule has 1 aliphatic heterocycles. The van der Waals surface area contributed by atoms with Gasteiger partial charge in [-0.15, -0.1) is 0 Å². The van der Waals surface area contributed by atoms with E-state index < -0.39 is 11.9 Å². The Morgan fingerprint density at radius 2 is 2.31 bits per heavy atom. The minimum atomic E-state index is -0.915. The molecule has 2 unspecified atom stereocenters. The summed E-state index contributed by atoms with van der Waals surface area (Å²) in [6, 6.07) is 6.18. The Morgan fingerprint density at radius 1 is 1.50 bits per heavy atom. The molecule has 0 radical (unpaired) electrons. The van der Waals surface area contributed by atoms with E-state index in [1.165, 1.54) is 6.07 Å². The molecule has 0 spiro atoms. The zero-order valence-electron chi connectivity index (χ0n) is 8.93. The summed E-state index contributed by atoms with van der Waals surface area (Å²) in [6.07, 6.45) is -0.0486. The lowest BCUT2D eigenvalue weighted by molar-refractivity contribution is -0.0141. The van der Waals surface area contributed by atoms with Crippen LogP contribution in [-0.2, 0) is 9.47 Å². The Labute approximate surface area is 93.8 Å². The van der Waals surface area contributed by atoms with Crippen LogP contribution in [0.2, 0.25) is 0 Å². The lowest BCUT2D eigenvalue weighted by Gasteiger charge is -2.15. The largest absolute Gasteiger partial charge is 0.386 e. The predicted molar refractivity (Wildman–Crippen MR) is 56.5 cm³/mol. The highest BCUT2D eigenvalue weighted by molar-refractivity contribution is 5.19. The van der Waals surface area contributed by atoms with Gasteiger partial charge in [-0.3, -0.25) is 0 Å². The lowest BCUT2D eigenvalue weighted by Crippen LogP contribution is -2.17. The Hall–Kier alpha value is -0.970. The molecular weight excluding hydrogens is 211 g/mol. The maximum absolute atomic E-state index is 13.3. The van der Waals surface area contributed by atoms with Gasteiger partial charge >= 0.3 is 0 Å². The monoisotopic (exact) mass is 226 g/mol. The number of halogens is 1. The summed E-state index contributed by atoms with van der Waals surface area (Å²) in [6.45, 7) is 1.36. The van der Waals surface area contributed by atoms with Crippen molar-refractivity contribution in [2.45, 2.75) is 18.6 Å². The van der Waals surface area contributed by atoms with Gasteiger partial charge in [0, 0.05) is 12.2 Å². The minimum Gasteiger partial charge on any atom is -0.386 e. The summed E-state index contributed by atoms with van der Waals surface area (Å²) < 4.78 is 23.9. The molecule has 1 fully saturated rings. The summed E-state index contributed by atoms with van der Waals surface area (Å²) in [7, 11) is 0. The summed E-state index contributed by atoms with van der Waals surface area (Å²) in [5.74, 6) is -0.402. The Balaban J connectivity index is 1.87. The van der Waals surface area contributed by atoms with Crippen molar-refractivity contribution in [2.24, 2.45) is 0 Å². The highest BCUT2D eigenvalue weighted by Gasteiger charge is 2.19. The maximum Gasteiger partial charge on any atom is 0.129 e. The van der Waals surface area contributed by atoms with Crippen LogP contribution in [0.5, 0.6) is 0 Å². The molecule has 1 aliphatic rings. The van der Waals surface area contributed by atoms with Crippen molar-refractivity contribution in [1.82, 2.24) is 0 Å². The molecule has 2 atom stereocenters. The molecule has 2 rings (SSSR count). The summed E-state index contributed by atoms with van der Waals surface area (Å²) >= 11 is 0. The van der Waals surface area contributed by atoms with E-state index in [4.69, 9.17) is 9.47 Å². The summed E-state index contributed by atoms with van der Waals surface area (Å²) in [4.78, 5) is 0. The van der Waals surface area contributed by atoms with Gasteiger partial charge in [-0.05, 0) is 12.5 Å². The molecular formula is C12H15FO3. The number of aliphatic hydroxyl groups excluding tert-OH is 1. The van der Waals surface area contributed by atoms with E-state index in [2.05, 4.69) is 0 Å². The SMILES string of the molecule is OC(COC1CCOC1)c1ccccc1F. The van der Waals surface area contributed by atoms with Gasteiger partial charge in [0.1, 0.15) is 11.9 Å². The van der Waals surface area contributed by atoms with Gasteiger partial charge in [0.25, 0.3) is 0 Å². The molecule has 16 heavy (non-hydrogen) atoms. The van der Waals surface area contributed by atoms with Crippen LogP contribution in [-0.4, -0.2) is 31.0 Å². The van der Waals surface area contributed by atoms with Gasteiger partial charge in [0.05, 0.1) is 19.3 Å². The van der Waals surface area contributed by atoms with Crippen molar-refractivity contribution in [3.8, 4) is 0 Å². The van der Waals surface area contributed by atoms with Gasteiger partial charge < -0.3 is 14.6 Å². The van der Waals surface area contributed by atoms with E-state index in [-0.39, 0.29) is 18.3 Å². The molecule has 1 aromatic carbocycles. The number of benzene rings is 1. The van der Waals surface area contributed by atoms with Gasteiger partial charge in [-0.25, -0.2) is 4.39 Å². The van der Waals surface area contributed by atoms with E-state index >= 15 is 0 Å². The molecule has 3 nitrogen and oxygen atoms in total. The summed E-state index contributed by atoms with van der Waals surface area (Å²) in [5.41, 5.74) is 0.279. The Bertz CT molecular complexity index is 337. The van der Waals surface area contributed by atoms with Gasteiger partial charge in [-0.1, -0.05) is 18.2 Å². The topological polar surface area (TPSA) is 38.7 Å². The first kappa shape index (κ1) is 11.5. The first-order valence-corrected chi connectivity index (χ1v) is 5.39. The van der Waals surface area contributed by atoms with Crippen LogP contribution < -0.4 is 0 Å². The molecule has 0 bridgehead atoms. The van der Waals surface area contributed by atoms with Crippen LogP contribution >= 0.6 is 0 Å². The van der Waals surface area contributed by atoms with Crippen molar-refractivity contribution >= 4 is 0 Å². The highest BCUT2D eigenvalue weighted by atomic mass is 19.1. The highest BCUT2D eigenvalue weighted by Crippen LogP contribution is 2.18. The molecule has 1 heterocycles. The average Bonchev–Trinajstić information content (AvgIpc) is 2.79. The Morgan fingerprint density at radius 3 is 3.00 bits per heavy atom. The van der Waals surface area contributed by atoms with Crippen LogP contribution in [0.3, 0.4) is 0 Å².